The average molecular weight is 277 g/mol. The second-order valence-electron chi connectivity index (χ2n) is 4.36. The Bertz CT molecular complexity index is 577. The lowest BCUT2D eigenvalue weighted by atomic mass is 9.96. The smallest absolute Gasteiger partial charge is 0.205 e. The highest BCUT2D eigenvalue weighted by atomic mass is 35.5. The number of nitrogens with zero attached hydrogens (tertiary/aromatic N) is 2. The van der Waals surface area contributed by atoms with Gasteiger partial charge in [0.15, 0.2) is 0 Å². The van der Waals surface area contributed by atoms with Gasteiger partial charge in [0.2, 0.25) is 5.67 Å². The van der Waals surface area contributed by atoms with Crippen molar-refractivity contribution < 1.29 is 4.39 Å². The Balaban J connectivity index is 2.04. The summed E-state index contributed by atoms with van der Waals surface area (Å²) in [7, 11) is 1.61. The molecule has 1 aliphatic rings. The van der Waals surface area contributed by atoms with E-state index in [1.54, 1.807) is 13.1 Å². The molecule has 2 nitrogen and oxygen atoms in total. The van der Waals surface area contributed by atoms with Crippen LogP contribution in [0.25, 0.3) is 0 Å². The number of alkyl halides is 1. The highest BCUT2D eigenvalue weighted by Crippen LogP contribution is 2.31. The number of halogens is 2. The van der Waals surface area contributed by atoms with E-state index in [4.69, 9.17) is 11.6 Å². The van der Waals surface area contributed by atoms with Crippen molar-refractivity contribution in [3.63, 3.8) is 0 Å². The van der Waals surface area contributed by atoms with Gasteiger partial charge in [-0.15, -0.1) is 0 Å². The minimum absolute atomic E-state index is 0.245. The summed E-state index contributed by atoms with van der Waals surface area (Å²) in [5.41, 5.74) is -0.0738. The SMILES string of the molecule is C=CC(C#CC1(F)CN(c2cccc(Cl)c2)C1)=NC. The summed E-state index contributed by atoms with van der Waals surface area (Å²) in [5, 5.41) is 0.645. The van der Waals surface area contributed by atoms with Gasteiger partial charge in [-0.05, 0) is 30.2 Å². The molecule has 0 amide bonds. The molecule has 19 heavy (non-hydrogen) atoms. The van der Waals surface area contributed by atoms with Gasteiger partial charge in [-0.25, -0.2) is 4.39 Å². The summed E-state index contributed by atoms with van der Waals surface area (Å²) in [5.74, 6) is 5.32. The van der Waals surface area contributed by atoms with E-state index in [1.165, 1.54) is 6.08 Å². The van der Waals surface area contributed by atoms with Crippen LogP contribution in [0.1, 0.15) is 0 Å². The first kappa shape index (κ1) is 13.6. The van der Waals surface area contributed by atoms with E-state index < -0.39 is 5.67 Å². The second-order valence-corrected chi connectivity index (χ2v) is 4.80. The van der Waals surface area contributed by atoms with Gasteiger partial charge < -0.3 is 4.90 Å². The van der Waals surface area contributed by atoms with E-state index in [0.29, 0.717) is 10.7 Å². The van der Waals surface area contributed by atoms with E-state index in [1.807, 2.05) is 23.1 Å². The van der Waals surface area contributed by atoms with E-state index in [0.717, 1.165) is 5.69 Å². The predicted molar refractivity (Wildman–Crippen MR) is 78.8 cm³/mol. The fourth-order valence-electron chi connectivity index (χ4n) is 1.87. The van der Waals surface area contributed by atoms with Gasteiger partial charge in [-0.3, -0.25) is 4.99 Å². The molecule has 1 saturated heterocycles. The Labute approximate surface area is 117 Å². The van der Waals surface area contributed by atoms with Gasteiger partial charge in [0, 0.05) is 17.8 Å². The fraction of sp³-hybridized carbons (Fsp3) is 0.267. The fourth-order valence-corrected chi connectivity index (χ4v) is 2.05. The summed E-state index contributed by atoms with van der Waals surface area (Å²) in [6.45, 7) is 4.06. The molecule has 1 fully saturated rings. The molecule has 98 valence electrons. The molecule has 0 saturated carbocycles. The Morgan fingerprint density at radius 1 is 1.58 bits per heavy atom. The van der Waals surface area contributed by atoms with Crippen LogP contribution in [0.5, 0.6) is 0 Å². The van der Waals surface area contributed by atoms with E-state index >= 15 is 0 Å². The highest BCUT2D eigenvalue weighted by Gasteiger charge is 2.42. The van der Waals surface area contributed by atoms with Crippen LogP contribution < -0.4 is 4.90 Å². The lowest BCUT2D eigenvalue weighted by Crippen LogP contribution is -2.58. The average Bonchev–Trinajstić information content (AvgIpc) is 2.37. The summed E-state index contributed by atoms with van der Waals surface area (Å²) in [6, 6.07) is 7.36. The summed E-state index contributed by atoms with van der Waals surface area (Å²) in [4.78, 5) is 5.78. The van der Waals surface area contributed by atoms with Crippen LogP contribution in [0.15, 0.2) is 41.9 Å². The van der Waals surface area contributed by atoms with Crippen LogP contribution in [0.4, 0.5) is 10.1 Å². The molecular formula is C15H14ClFN2. The van der Waals surface area contributed by atoms with Crippen molar-refractivity contribution >= 4 is 23.0 Å². The maximum absolute atomic E-state index is 14.2. The van der Waals surface area contributed by atoms with Gasteiger partial charge in [-0.2, -0.15) is 0 Å². The molecule has 4 heteroatoms. The Morgan fingerprint density at radius 3 is 2.89 bits per heavy atom. The predicted octanol–water partition coefficient (Wildman–Crippen LogP) is 3.13. The minimum Gasteiger partial charge on any atom is -0.363 e. The number of hydrogen-bond acceptors (Lipinski definition) is 2. The molecule has 0 atom stereocenters. The summed E-state index contributed by atoms with van der Waals surface area (Å²) in [6.07, 6.45) is 1.52. The maximum Gasteiger partial charge on any atom is 0.205 e. The van der Waals surface area contributed by atoms with Gasteiger partial charge >= 0.3 is 0 Å². The third-order valence-corrected chi connectivity index (χ3v) is 3.14. The number of rotatable bonds is 2. The molecule has 0 radical (unpaired) electrons. The largest absolute Gasteiger partial charge is 0.363 e. The molecule has 0 aliphatic carbocycles. The zero-order valence-electron chi connectivity index (χ0n) is 10.7. The molecule has 0 bridgehead atoms. The Hall–Kier alpha value is -1.79. The third-order valence-electron chi connectivity index (χ3n) is 2.91. The van der Waals surface area contributed by atoms with Crippen LogP contribution in [0, 0.1) is 11.8 Å². The molecule has 1 heterocycles. The van der Waals surface area contributed by atoms with Gasteiger partial charge in [0.1, 0.15) is 5.71 Å². The van der Waals surface area contributed by atoms with Crippen molar-refractivity contribution in [2.24, 2.45) is 4.99 Å². The van der Waals surface area contributed by atoms with Crippen LogP contribution in [0.2, 0.25) is 5.02 Å². The quantitative estimate of drug-likeness (QED) is 0.599. The van der Waals surface area contributed by atoms with Crippen molar-refractivity contribution in [1.29, 1.82) is 0 Å². The highest BCUT2D eigenvalue weighted by molar-refractivity contribution is 6.30. The van der Waals surface area contributed by atoms with Crippen LogP contribution >= 0.6 is 11.6 Å². The Morgan fingerprint density at radius 2 is 2.32 bits per heavy atom. The molecule has 0 spiro atoms. The van der Waals surface area contributed by atoms with Crippen molar-refractivity contribution in [2.45, 2.75) is 5.67 Å². The molecule has 0 N–H and O–H groups in total. The minimum atomic E-state index is -1.48. The van der Waals surface area contributed by atoms with Crippen LogP contribution in [-0.2, 0) is 0 Å². The van der Waals surface area contributed by atoms with Crippen molar-refractivity contribution in [1.82, 2.24) is 0 Å². The molecule has 1 aromatic rings. The first-order chi connectivity index (χ1) is 9.06. The molecule has 0 aromatic heterocycles. The van der Waals surface area contributed by atoms with E-state index in [9.17, 15) is 4.39 Å². The second kappa shape index (κ2) is 5.46. The summed E-state index contributed by atoms with van der Waals surface area (Å²) < 4.78 is 14.2. The molecular weight excluding hydrogens is 263 g/mol. The lowest BCUT2D eigenvalue weighted by molar-refractivity contribution is 0.192. The Kier molecular flexibility index (Phi) is 3.92. The van der Waals surface area contributed by atoms with Gasteiger partial charge in [0.25, 0.3) is 0 Å². The number of aliphatic imine (C=N–C) groups is 1. The topological polar surface area (TPSA) is 15.6 Å². The van der Waals surface area contributed by atoms with E-state index in [-0.39, 0.29) is 13.1 Å². The molecule has 2 rings (SSSR count). The molecule has 1 aliphatic heterocycles. The first-order valence-electron chi connectivity index (χ1n) is 5.88. The van der Waals surface area contributed by atoms with Crippen LogP contribution in [0.3, 0.4) is 0 Å². The van der Waals surface area contributed by atoms with Crippen molar-refractivity contribution in [2.75, 3.05) is 25.0 Å². The number of benzene rings is 1. The van der Waals surface area contributed by atoms with E-state index in [2.05, 4.69) is 23.4 Å². The normalized spacial score (nSPS) is 17.2. The zero-order valence-corrected chi connectivity index (χ0v) is 11.4. The number of hydrogen-bond donors (Lipinski definition) is 0. The molecule has 0 unspecified atom stereocenters. The monoisotopic (exact) mass is 276 g/mol. The number of anilines is 1. The molecule has 1 aromatic carbocycles. The number of allylic oxidation sites excluding steroid dienone is 1. The third kappa shape index (κ3) is 3.15. The lowest BCUT2D eigenvalue weighted by Gasteiger charge is -2.42. The van der Waals surface area contributed by atoms with Gasteiger partial charge in [-0.1, -0.05) is 30.2 Å². The van der Waals surface area contributed by atoms with Crippen molar-refractivity contribution in [3.8, 4) is 11.8 Å². The van der Waals surface area contributed by atoms with Crippen molar-refractivity contribution in [3.05, 3.63) is 41.9 Å². The first-order valence-corrected chi connectivity index (χ1v) is 6.26. The zero-order chi connectivity index (χ0) is 13.9. The maximum atomic E-state index is 14.2. The van der Waals surface area contributed by atoms with Gasteiger partial charge in [0.05, 0.1) is 13.1 Å². The van der Waals surface area contributed by atoms with Crippen LogP contribution in [-0.4, -0.2) is 31.5 Å². The standard InChI is InChI=1S/C15H14ClFN2/c1-3-13(18-2)7-8-15(17)10-19(11-15)14-6-4-5-12(16)9-14/h3-6,9H,1,10-11H2,2H3. The summed E-state index contributed by atoms with van der Waals surface area (Å²) >= 11 is 5.91.